The maximum Gasteiger partial charge on any atom is 0.144 e. The summed E-state index contributed by atoms with van der Waals surface area (Å²) in [4.78, 5) is 13.4. The Balaban J connectivity index is 3.15. The molecule has 2 nitrogen and oxygen atoms in total. The van der Waals surface area contributed by atoms with Crippen LogP contribution in [0.5, 0.6) is 0 Å². The molecule has 1 atom stereocenters. The first-order valence-corrected chi connectivity index (χ1v) is 5.36. The Morgan fingerprint density at radius 2 is 1.87 bits per heavy atom. The van der Waals surface area contributed by atoms with Crippen LogP contribution in [0.2, 0.25) is 0 Å². The van der Waals surface area contributed by atoms with Gasteiger partial charge in [0.05, 0.1) is 0 Å². The molecule has 1 rings (SSSR count). The number of hydrogen-bond acceptors (Lipinski definition) is 2. The summed E-state index contributed by atoms with van der Waals surface area (Å²) >= 11 is 0. The molecule has 1 aromatic carbocycles. The predicted molar refractivity (Wildman–Crippen MR) is 62.8 cm³/mol. The number of likely N-dealkylation sites (N-methyl/N-ethyl adjacent to an activating group) is 1. The average molecular weight is 205 g/mol. The fourth-order valence-electron chi connectivity index (χ4n) is 1.97. The summed E-state index contributed by atoms with van der Waals surface area (Å²) in [6.45, 7) is 2.10. The van der Waals surface area contributed by atoms with Crippen LogP contribution >= 0.6 is 0 Å². The van der Waals surface area contributed by atoms with Crippen LogP contribution in [-0.2, 0) is 10.3 Å². The zero-order valence-corrected chi connectivity index (χ0v) is 9.73. The molecule has 1 aromatic rings. The Kier molecular flexibility index (Phi) is 4.04. The molecule has 0 aliphatic heterocycles. The normalized spacial score (nSPS) is 14.9. The predicted octanol–water partition coefficient (Wildman–Crippen LogP) is 2.44. The van der Waals surface area contributed by atoms with E-state index in [0.717, 1.165) is 24.7 Å². The third-order valence-electron chi connectivity index (χ3n) is 2.90. The third kappa shape index (κ3) is 2.26. The minimum absolute atomic E-state index is 0.462. The van der Waals surface area contributed by atoms with E-state index in [4.69, 9.17) is 0 Å². The highest BCUT2D eigenvalue weighted by Gasteiger charge is 2.33. The number of hydrogen-bond donors (Lipinski definition) is 0. The Morgan fingerprint density at radius 3 is 2.27 bits per heavy atom. The fourth-order valence-corrected chi connectivity index (χ4v) is 1.97. The highest BCUT2D eigenvalue weighted by atomic mass is 16.1. The van der Waals surface area contributed by atoms with Crippen LogP contribution in [0.15, 0.2) is 30.3 Å². The van der Waals surface area contributed by atoms with Crippen LogP contribution in [0.1, 0.15) is 25.3 Å². The summed E-state index contributed by atoms with van der Waals surface area (Å²) in [6.07, 6.45) is 2.91. The van der Waals surface area contributed by atoms with Crippen molar-refractivity contribution in [3.63, 3.8) is 0 Å². The van der Waals surface area contributed by atoms with Crippen molar-refractivity contribution in [3.8, 4) is 0 Å². The van der Waals surface area contributed by atoms with Gasteiger partial charge in [-0.3, -0.25) is 4.90 Å². The van der Waals surface area contributed by atoms with Gasteiger partial charge < -0.3 is 4.79 Å². The standard InChI is InChI=1S/C13H19NO/c1-4-10-13(11-15,14(2)3)12-8-6-5-7-9-12/h5-9,11H,4,10H2,1-3H3. The van der Waals surface area contributed by atoms with Crippen molar-refractivity contribution < 1.29 is 4.79 Å². The van der Waals surface area contributed by atoms with Crippen LogP contribution in [0.3, 0.4) is 0 Å². The van der Waals surface area contributed by atoms with Crippen molar-refractivity contribution in [2.45, 2.75) is 25.3 Å². The SMILES string of the molecule is CCCC(C=O)(c1ccccc1)N(C)C. The van der Waals surface area contributed by atoms with Gasteiger partial charge in [-0.05, 0) is 26.1 Å². The molecule has 1 unspecified atom stereocenters. The van der Waals surface area contributed by atoms with Gasteiger partial charge in [-0.25, -0.2) is 0 Å². The van der Waals surface area contributed by atoms with Crippen molar-refractivity contribution in [1.82, 2.24) is 4.90 Å². The van der Waals surface area contributed by atoms with Crippen molar-refractivity contribution >= 4 is 6.29 Å². The van der Waals surface area contributed by atoms with Crippen LogP contribution in [0.4, 0.5) is 0 Å². The van der Waals surface area contributed by atoms with Gasteiger partial charge in [0.1, 0.15) is 11.8 Å². The van der Waals surface area contributed by atoms with Gasteiger partial charge in [0.15, 0.2) is 0 Å². The van der Waals surface area contributed by atoms with Gasteiger partial charge in [0.2, 0.25) is 0 Å². The summed E-state index contributed by atoms with van der Waals surface area (Å²) in [5.74, 6) is 0. The fraction of sp³-hybridized carbons (Fsp3) is 0.462. The van der Waals surface area contributed by atoms with E-state index in [1.54, 1.807) is 0 Å². The van der Waals surface area contributed by atoms with Crippen molar-refractivity contribution in [2.75, 3.05) is 14.1 Å². The Labute approximate surface area is 91.9 Å². The summed E-state index contributed by atoms with van der Waals surface area (Å²) in [6, 6.07) is 9.97. The smallest absolute Gasteiger partial charge is 0.144 e. The van der Waals surface area contributed by atoms with Crippen molar-refractivity contribution in [1.29, 1.82) is 0 Å². The van der Waals surface area contributed by atoms with E-state index < -0.39 is 5.54 Å². The molecular weight excluding hydrogens is 186 g/mol. The molecule has 0 aromatic heterocycles. The topological polar surface area (TPSA) is 20.3 Å². The molecule has 15 heavy (non-hydrogen) atoms. The van der Waals surface area contributed by atoms with Crippen molar-refractivity contribution in [2.24, 2.45) is 0 Å². The van der Waals surface area contributed by atoms with Gasteiger partial charge >= 0.3 is 0 Å². The van der Waals surface area contributed by atoms with Gasteiger partial charge in [0.25, 0.3) is 0 Å². The molecule has 0 heterocycles. The summed E-state index contributed by atoms with van der Waals surface area (Å²) in [5, 5.41) is 0. The van der Waals surface area contributed by atoms with E-state index in [1.165, 1.54) is 0 Å². The molecule has 0 aliphatic rings. The van der Waals surface area contributed by atoms with Gasteiger partial charge in [0, 0.05) is 0 Å². The minimum atomic E-state index is -0.462. The second-order valence-corrected chi connectivity index (χ2v) is 4.05. The quantitative estimate of drug-likeness (QED) is 0.688. The highest BCUT2D eigenvalue weighted by molar-refractivity contribution is 5.67. The van der Waals surface area contributed by atoms with Crippen LogP contribution in [0.25, 0.3) is 0 Å². The van der Waals surface area contributed by atoms with Gasteiger partial charge in [-0.1, -0.05) is 43.7 Å². The lowest BCUT2D eigenvalue weighted by Crippen LogP contribution is -2.42. The number of nitrogens with zero attached hydrogens (tertiary/aromatic N) is 1. The van der Waals surface area contributed by atoms with Crippen LogP contribution in [-0.4, -0.2) is 25.3 Å². The van der Waals surface area contributed by atoms with Crippen molar-refractivity contribution in [3.05, 3.63) is 35.9 Å². The van der Waals surface area contributed by atoms with E-state index >= 15 is 0 Å². The monoisotopic (exact) mass is 205 g/mol. The van der Waals surface area contributed by atoms with E-state index in [0.29, 0.717) is 0 Å². The van der Waals surface area contributed by atoms with E-state index in [2.05, 4.69) is 6.92 Å². The number of carbonyl (C=O) groups is 1. The second kappa shape index (κ2) is 5.08. The third-order valence-corrected chi connectivity index (χ3v) is 2.90. The van der Waals surface area contributed by atoms with E-state index in [1.807, 2.05) is 49.3 Å². The molecule has 0 saturated heterocycles. The number of rotatable bonds is 5. The molecule has 0 aliphatic carbocycles. The second-order valence-electron chi connectivity index (χ2n) is 4.05. The lowest BCUT2D eigenvalue weighted by atomic mass is 9.86. The number of aldehydes is 1. The molecule has 2 heteroatoms. The largest absolute Gasteiger partial charge is 0.301 e. The van der Waals surface area contributed by atoms with Crippen LogP contribution in [0, 0.1) is 0 Å². The Morgan fingerprint density at radius 1 is 1.27 bits per heavy atom. The number of benzene rings is 1. The van der Waals surface area contributed by atoms with Crippen LogP contribution < -0.4 is 0 Å². The van der Waals surface area contributed by atoms with Gasteiger partial charge in [-0.2, -0.15) is 0 Å². The molecule has 0 amide bonds. The summed E-state index contributed by atoms with van der Waals surface area (Å²) in [7, 11) is 3.91. The number of carbonyl (C=O) groups excluding carboxylic acids is 1. The van der Waals surface area contributed by atoms with Gasteiger partial charge in [-0.15, -0.1) is 0 Å². The maximum atomic E-state index is 11.4. The Hall–Kier alpha value is -1.15. The molecule has 0 saturated carbocycles. The zero-order valence-electron chi connectivity index (χ0n) is 9.73. The average Bonchev–Trinajstić information content (AvgIpc) is 2.26. The molecule has 0 radical (unpaired) electrons. The molecular formula is C13H19NO. The first-order valence-electron chi connectivity index (χ1n) is 5.36. The molecule has 0 bridgehead atoms. The highest BCUT2D eigenvalue weighted by Crippen LogP contribution is 2.29. The molecule has 0 N–H and O–H groups in total. The lowest BCUT2D eigenvalue weighted by Gasteiger charge is -2.35. The maximum absolute atomic E-state index is 11.4. The zero-order chi connectivity index (χ0) is 11.3. The molecule has 0 fully saturated rings. The molecule has 0 spiro atoms. The summed E-state index contributed by atoms with van der Waals surface area (Å²) < 4.78 is 0. The minimum Gasteiger partial charge on any atom is -0.301 e. The Bertz CT molecular complexity index is 308. The first kappa shape index (κ1) is 11.9. The molecule has 82 valence electrons. The summed E-state index contributed by atoms with van der Waals surface area (Å²) in [5.41, 5.74) is 0.613. The van der Waals surface area contributed by atoms with E-state index in [-0.39, 0.29) is 0 Å². The van der Waals surface area contributed by atoms with E-state index in [9.17, 15) is 4.79 Å². The lowest BCUT2D eigenvalue weighted by molar-refractivity contribution is -0.118. The first-order chi connectivity index (χ1) is 7.17.